The smallest absolute Gasteiger partial charge is 0.147 e. The van der Waals surface area contributed by atoms with Crippen molar-refractivity contribution in [3.8, 4) is 5.75 Å². The summed E-state index contributed by atoms with van der Waals surface area (Å²) >= 11 is 3.11. The number of halogens is 1. The number of benzene rings is 1. The third-order valence-corrected chi connectivity index (χ3v) is 2.78. The highest BCUT2D eigenvalue weighted by molar-refractivity contribution is 9.09. The molecule has 0 aromatic heterocycles. The molecule has 0 spiro atoms. The summed E-state index contributed by atoms with van der Waals surface area (Å²) in [6.45, 7) is 2.01. The molecule has 1 rings (SSSR count). The fourth-order valence-electron chi connectivity index (χ4n) is 1.40. The van der Waals surface area contributed by atoms with Gasteiger partial charge in [-0.1, -0.05) is 35.0 Å². The maximum absolute atomic E-state index is 11.2. The molecule has 0 aliphatic carbocycles. The molecular weight excluding hydrogens is 244 g/mol. The number of hydrogen-bond acceptors (Lipinski definition) is 2. The molecule has 14 heavy (non-hydrogen) atoms. The predicted molar refractivity (Wildman–Crippen MR) is 60.0 cm³/mol. The van der Waals surface area contributed by atoms with Crippen molar-refractivity contribution in [3.05, 3.63) is 29.3 Å². The Morgan fingerprint density at radius 2 is 2.21 bits per heavy atom. The number of aromatic hydroxyl groups is 1. The van der Waals surface area contributed by atoms with Crippen molar-refractivity contribution >= 4 is 21.7 Å². The van der Waals surface area contributed by atoms with Crippen LogP contribution >= 0.6 is 15.9 Å². The minimum absolute atomic E-state index is 0.0844. The number of phenols is 1. The zero-order chi connectivity index (χ0) is 10.6. The van der Waals surface area contributed by atoms with Crippen LogP contribution in [0.4, 0.5) is 0 Å². The molecule has 3 heteroatoms. The summed E-state index contributed by atoms with van der Waals surface area (Å²) in [5.41, 5.74) is 1.80. The van der Waals surface area contributed by atoms with E-state index in [1.54, 1.807) is 12.1 Å². The molecule has 1 aromatic rings. The molecule has 76 valence electrons. The number of carbonyl (C=O) groups is 1. The quantitative estimate of drug-likeness (QED) is 0.841. The van der Waals surface area contributed by atoms with Gasteiger partial charge in [-0.15, -0.1) is 0 Å². The number of alkyl halides is 1. The Hall–Kier alpha value is -0.830. The second-order valence-corrected chi connectivity index (χ2v) is 3.68. The van der Waals surface area contributed by atoms with E-state index in [0.717, 1.165) is 17.5 Å². The maximum atomic E-state index is 11.2. The van der Waals surface area contributed by atoms with E-state index in [9.17, 15) is 9.90 Å². The Balaban J connectivity index is 2.98. The number of ketones is 1. The van der Waals surface area contributed by atoms with Gasteiger partial charge >= 0.3 is 0 Å². The molecule has 0 heterocycles. The highest BCUT2D eigenvalue weighted by atomic mass is 79.9. The highest BCUT2D eigenvalue weighted by Crippen LogP contribution is 2.22. The van der Waals surface area contributed by atoms with Crippen LogP contribution in [0.2, 0.25) is 0 Å². The number of Topliss-reactive ketones (excluding diaryl/α,β-unsaturated/α-hetero) is 1. The summed E-state index contributed by atoms with van der Waals surface area (Å²) < 4.78 is 0. The Kier molecular flexibility index (Phi) is 4.14. The lowest BCUT2D eigenvalue weighted by Gasteiger charge is -2.08. The largest absolute Gasteiger partial charge is 0.508 e. The molecule has 0 bridgehead atoms. The Bertz CT molecular complexity index is 334. The van der Waals surface area contributed by atoms with Crippen molar-refractivity contribution in [1.82, 2.24) is 0 Å². The van der Waals surface area contributed by atoms with E-state index in [0.29, 0.717) is 11.8 Å². The Labute approximate surface area is 92.1 Å². The summed E-state index contributed by atoms with van der Waals surface area (Å²) in [6.07, 6.45) is 1.14. The first-order chi connectivity index (χ1) is 6.69. The zero-order valence-corrected chi connectivity index (χ0v) is 9.67. The van der Waals surface area contributed by atoms with Gasteiger partial charge in [0.15, 0.2) is 0 Å². The van der Waals surface area contributed by atoms with Gasteiger partial charge in [0.25, 0.3) is 0 Å². The SMILES string of the molecule is CCc1cccc(O)c1CC(=O)CBr. The first-order valence-electron chi connectivity index (χ1n) is 4.56. The lowest BCUT2D eigenvalue weighted by atomic mass is 10.00. The molecule has 0 aliphatic heterocycles. The number of rotatable bonds is 4. The molecule has 2 nitrogen and oxygen atoms in total. The van der Waals surface area contributed by atoms with Gasteiger partial charge in [-0.25, -0.2) is 0 Å². The molecule has 0 unspecified atom stereocenters. The molecule has 0 saturated carbocycles. The summed E-state index contributed by atoms with van der Waals surface area (Å²) in [6, 6.07) is 5.36. The average molecular weight is 257 g/mol. The lowest BCUT2D eigenvalue weighted by Crippen LogP contribution is -2.06. The molecule has 1 aromatic carbocycles. The van der Waals surface area contributed by atoms with Gasteiger partial charge < -0.3 is 5.11 Å². The average Bonchev–Trinajstić information content (AvgIpc) is 2.20. The van der Waals surface area contributed by atoms with Gasteiger partial charge in [0.1, 0.15) is 11.5 Å². The van der Waals surface area contributed by atoms with E-state index in [1.165, 1.54) is 0 Å². The van der Waals surface area contributed by atoms with Crippen LogP contribution in [0, 0.1) is 0 Å². The van der Waals surface area contributed by atoms with Crippen LogP contribution in [0.5, 0.6) is 5.75 Å². The van der Waals surface area contributed by atoms with Gasteiger partial charge in [0.05, 0.1) is 5.33 Å². The second-order valence-electron chi connectivity index (χ2n) is 3.12. The minimum Gasteiger partial charge on any atom is -0.508 e. The third-order valence-electron chi connectivity index (χ3n) is 2.15. The van der Waals surface area contributed by atoms with Crippen LogP contribution in [0.25, 0.3) is 0 Å². The van der Waals surface area contributed by atoms with E-state index in [4.69, 9.17) is 0 Å². The Morgan fingerprint density at radius 3 is 2.79 bits per heavy atom. The second kappa shape index (κ2) is 5.15. The van der Waals surface area contributed by atoms with Crippen molar-refractivity contribution in [3.63, 3.8) is 0 Å². The number of carbonyl (C=O) groups excluding carboxylic acids is 1. The van der Waals surface area contributed by atoms with Gasteiger partial charge in [-0.2, -0.15) is 0 Å². The predicted octanol–water partition coefficient (Wildman–Crippen LogP) is 2.46. The van der Waals surface area contributed by atoms with Crippen molar-refractivity contribution in [2.45, 2.75) is 19.8 Å². The topological polar surface area (TPSA) is 37.3 Å². The molecule has 0 amide bonds. The van der Waals surface area contributed by atoms with Crippen LogP contribution < -0.4 is 0 Å². The maximum Gasteiger partial charge on any atom is 0.147 e. The third kappa shape index (κ3) is 2.58. The highest BCUT2D eigenvalue weighted by Gasteiger charge is 2.10. The summed E-state index contributed by atoms with van der Waals surface area (Å²) in [7, 11) is 0. The molecule has 0 radical (unpaired) electrons. The fourth-order valence-corrected chi connectivity index (χ4v) is 1.60. The number of phenolic OH excluding ortho intramolecular Hbond substituents is 1. The van der Waals surface area contributed by atoms with Crippen LogP contribution in [0.1, 0.15) is 18.1 Å². The van der Waals surface area contributed by atoms with E-state index >= 15 is 0 Å². The lowest BCUT2D eigenvalue weighted by molar-refractivity contribution is -0.115. The summed E-state index contributed by atoms with van der Waals surface area (Å²) in [4.78, 5) is 11.2. The number of aryl methyl sites for hydroxylation is 1. The Morgan fingerprint density at radius 1 is 1.50 bits per heavy atom. The summed E-state index contributed by atoms with van der Waals surface area (Å²) in [5, 5.41) is 9.94. The first-order valence-corrected chi connectivity index (χ1v) is 5.68. The van der Waals surface area contributed by atoms with E-state index in [1.807, 2.05) is 13.0 Å². The van der Waals surface area contributed by atoms with Crippen LogP contribution in [-0.2, 0) is 17.6 Å². The van der Waals surface area contributed by atoms with Crippen molar-refractivity contribution in [2.24, 2.45) is 0 Å². The molecule has 1 N–H and O–H groups in total. The molecule has 0 atom stereocenters. The summed E-state index contributed by atoms with van der Waals surface area (Å²) in [5.74, 6) is 0.305. The van der Waals surface area contributed by atoms with Crippen LogP contribution in [0.3, 0.4) is 0 Å². The normalized spacial score (nSPS) is 10.1. The van der Waals surface area contributed by atoms with E-state index in [-0.39, 0.29) is 11.5 Å². The van der Waals surface area contributed by atoms with Gasteiger partial charge in [0, 0.05) is 12.0 Å². The van der Waals surface area contributed by atoms with Gasteiger partial charge in [0.2, 0.25) is 0 Å². The van der Waals surface area contributed by atoms with E-state index < -0.39 is 0 Å². The van der Waals surface area contributed by atoms with Gasteiger partial charge in [-0.3, -0.25) is 4.79 Å². The molecule has 0 fully saturated rings. The number of hydrogen-bond donors (Lipinski definition) is 1. The van der Waals surface area contributed by atoms with Crippen molar-refractivity contribution < 1.29 is 9.90 Å². The monoisotopic (exact) mass is 256 g/mol. The van der Waals surface area contributed by atoms with Gasteiger partial charge in [-0.05, 0) is 18.1 Å². The van der Waals surface area contributed by atoms with E-state index in [2.05, 4.69) is 15.9 Å². The van der Waals surface area contributed by atoms with Crippen molar-refractivity contribution in [2.75, 3.05) is 5.33 Å². The first kappa shape index (κ1) is 11.2. The minimum atomic E-state index is 0.0844. The fraction of sp³-hybridized carbons (Fsp3) is 0.364. The molecule has 0 saturated heterocycles. The molecular formula is C11H13BrO2. The molecule has 0 aliphatic rings. The standard InChI is InChI=1S/C11H13BrO2/c1-2-8-4-3-5-11(14)10(8)6-9(13)7-12/h3-5,14H,2,6-7H2,1H3. The van der Waals surface area contributed by atoms with Crippen LogP contribution in [0.15, 0.2) is 18.2 Å². The van der Waals surface area contributed by atoms with Crippen molar-refractivity contribution in [1.29, 1.82) is 0 Å². The van der Waals surface area contributed by atoms with Crippen LogP contribution in [-0.4, -0.2) is 16.2 Å². The zero-order valence-electron chi connectivity index (χ0n) is 8.09.